The molecular weight excluding hydrogens is 496 g/mol. The normalized spacial score (nSPS) is 15.9. The second-order valence-corrected chi connectivity index (χ2v) is 10.8. The van der Waals surface area contributed by atoms with Crippen molar-refractivity contribution < 1.29 is 14.6 Å². The molecule has 5 aromatic heterocycles. The fourth-order valence-electron chi connectivity index (χ4n) is 6.02. The van der Waals surface area contributed by atoms with Crippen LogP contribution in [0.25, 0.3) is 33.3 Å². The molecule has 6 rings (SSSR count). The summed E-state index contributed by atoms with van der Waals surface area (Å²) in [5.74, 6) is 0.924. The first-order chi connectivity index (χ1) is 18.7. The Morgan fingerprint density at radius 2 is 1.90 bits per heavy atom. The Bertz CT molecular complexity index is 1650. The molecule has 0 radical (unpaired) electrons. The van der Waals surface area contributed by atoms with Gasteiger partial charge >= 0.3 is 0 Å². The van der Waals surface area contributed by atoms with Crippen LogP contribution in [0, 0.1) is 12.8 Å². The van der Waals surface area contributed by atoms with Gasteiger partial charge in [0.05, 0.1) is 35.6 Å². The van der Waals surface area contributed by atoms with E-state index in [9.17, 15) is 5.11 Å². The summed E-state index contributed by atoms with van der Waals surface area (Å²) in [5, 5.41) is 24.6. The van der Waals surface area contributed by atoms with Gasteiger partial charge in [-0.3, -0.25) is 14.6 Å². The molecule has 0 spiro atoms. The van der Waals surface area contributed by atoms with Gasteiger partial charge in [-0.25, -0.2) is 4.68 Å². The molecule has 1 unspecified atom stereocenters. The first-order valence-electron chi connectivity index (χ1n) is 13.2. The van der Waals surface area contributed by atoms with Crippen LogP contribution in [0.1, 0.15) is 49.8 Å². The summed E-state index contributed by atoms with van der Waals surface area (Å²) in [6.07, 6.45) is 5.39. The molecule has 0 aromatic carbocycles. The second-order valence-electron chi connectivity index (χ2n) is 10.8. The molecule has 39 heavy (non-hydrogen) atoms. The molecule has 0 amide bonds. The minimum atomic E-state index is -1.19. The van der Waals surface area contributed by atoms with E-state index in [4.69, 9.17) is 24.5 Å². The van der Waals surface area contributed by atoms with Crippen molar-refractivity contribution >= 4 is 22.1 Å². The second kappa shape index (κ2) is 9.42. The van der Waals surface area contributed by atoms with Crippen molar-refractivity contribution in [2.75, 3.05) is 20.3 Å². The van der Waals surface area contributed by atoms with E-state index in [2.05, 4.69) is 20.9 Å². The Balaban J connectivity index is 1.75. The zero-order valence-electron chi connectivity index (χ0n) is 23.2. The Hall–Kier alpha value is -3.83. The van der Waals surface area contributed by atoms with Crippen molar-refractivity contribution in [1.82, 2.24) is 39.3 Å². The lowest BCUT2D eigenvalue weighted by atomic mass is 9.88. The number of aryl methyl sites for hydroxylation is 3. The molecule has 6 heterocycles. The van der Waals surface area contributed by atoms with Crippen molar-refractivity contribution in [3.05, 3.63) is 47.7 Å². The predicted octanol–water partition coefficient (Wildman–Crippen LogP) is 3.67. The number of ether oxygens (including phenoxy) is 2. The quantitative estimate of drug-likeness (QED) is 0.353. The first kappa shape index (κ1) is 25.4. The summed E-state index contributed by atoms with van der Waals surface area (Å²) in [5.41, 5.74) is 6.30. The van der Waals surface area contributed by atoms with Crippen LogP contribution in [0.4, 0.5) is 0 Å². The van der Waals surface area contributed by atoms with Gasteiger partial charge in [0.2, 0.25) is 0 Å². The molecule has 11 nitrogen and oxygen atoms in total. The van der Waals surface area contributed by atoms with Crippen molar-refractivity contribution in [3.63, 3.8) is 0 Å². The number of hydrogen-bond donors (Lipinski definition) is 1. The van der Waals surface area contributed by atoms with Crippen LogP contribution in [0.15, 0.2) is 30.6 Å². The van der Waals surface area contributed by atoms with Gasteiger partial charge in [0, 0.05) is 45.3 Å². The van der Waals surface area contributed by atoms with Gasteiger partial charge in [0.15, 0.2) is 0 Å². The van der Waals surface area contributed by atoms with Crippen LogP contribution in [0.5, 0.6) is 5.75 Å². The lowest BCUT2D eigenvalue weighted by Crippen LogP contribution is -2.28. The first-order valence-corrected chi connectivity index (χ1v) is 13.2. The van der Waals surface area contributed by atoms with Crippen LogP contribution in [-0.2, 0) is 24.4 Å². The number of hydrogen-bond acceptors (Lipinski definition) is 8. The average molecular weight is 531 g/mol. The molecule has 1 saturated heterocycles. The van der Waals surface area contributed by atoms with Gasteiger partial charge in [0.1, 0.15) is 33.8 Å². The molecule has 1 aliphatic heterocycles. The Kier molecular flexibility index (Phi) is 6.15. The number of aromatic nitrogens is 8. The van der Waals surface area contributed by atoms with E-state index in [1.165, 1.54) is 0 Å². The number of methoxy groups -OCH3 is 1. The molecule has 1 aliphatic rings. The molecule has 11 heteroatoms. The molecule has 1 N–H and O–H groups in total. The number of rotatable bonds is 6. The number of fused-ring (bicyclic) bond motifs is 3. The smallest absolute Gasteiger partial charge is 0.142 e. The maximum atomic E-state index is 11.3. The molecule has 0 bridgehead atoms. The Morgan fingerprint density at radius 1 is 1.13 bits per heavy atom. The third-order valence-electron chi connectivity index (χ3n) is 7.75. The number of nitrogens with zero attached hydrogens (tertiary/aromatic N) is 8. The zero-order chi connectivity index (χ0) is 27.5. The molecule has 204 valence electrons. The van der Waals surface area contributed by atoms with Crippen LogP contribution < -0.4 is 4.74 Å². The average Bonchev–Trinajstić information content (AvgIpc) is 3.56. The highest BCUT2D eigenvalue weighted by Gasteiger charge is 2.37. The fraction of sp³-hybridized carbons (Fsp3) is 0.464. The van der Waals surface area contributed by atoms with Crippen molar-refractivity contribution in [2.45, 2.75) is 45.3 Å². The standard InChI is InChI=1S/C28H34N8O3/c1-16-23(35(5)33-31-16)18-14-19-21(30-15-18)25-26(27(28(2,3)37)32-34(25)4)36(19)24(17-9-12-39-13-10-17)22-20(38-6)8-7-11-29-22/h7-8,11,14-15,17,24,37H,9-10,12-13H2,1-6H3. The van der Waals surface area contributed by atoms with Crippen LogP contribution in [-0.4, -0.2) is 64.7 Å². The summed E-state index contributed by atoms with van der Waals surface area (Å²) in [6, 6.07) is 5.77. The van der Waals surface area contributed by atoms with E-state index in [0.717, 1.165) is 57.6 Å². The van der Waals surface area contributed by atoms with Gasteiger partial charge in [0.25, 0.3) is 0 Å². The largest absolute Gasteiger partial charge is 0.495 e. The minimum absolute atomic E-state index is 0.208. The predicted molar refractivity (Wildman–Crippen MR) is 146 cm³/mol. The molecule has 0 saturated carbocycles. The summed E-state index contributed by atoms with van der Waals surface area (Å²) in [6.45, 7) is 6.83. The summed E-state index contributed by atoms with van der Waals surface area (Å²) < 4.78 is 17.5. The van der Waals surface area contributed by atoms with E-state index in [0.29, 0.717) is 24.7 Å². The lowest BCUT2D eigenvalue weighted by molar-refractivity contribution is 0.0539. The maximum Gasteiger partial charge on any atom is 0.142 e. The van der Waals surface area contributed by atoms with Gasteiger partial charge in [-0.15, -0.1) is 5.10 Å². The van der Waals surface area contributed by atoms with Crippen molar-refractivity contribution in [3.8, 4) is 17.0 Å². The van der Waals surface area contributed by atoms with Gasteiger partial charge < -0.3 is 19.1 Å². The molecule has 1 atom stereocenters. The maximum absolute atomic E-state index is 11.3. The van der Waals surface area contributed by atoms with E-state index in [-0.39, 0.29) is 12.0 Å². The highest BCUT2D eigenvalue weighted by atomic mass is 16.5. The Labute approximate surface area is 226 Å². The van der Waals surface area contributed by atoms with Crippen molar-refractivity contribution in [2.24, 2.45) is 20.0 Å². The van der Waals surface area contributed by atoms with Gasteiger partial charge in [-0.2, -0.15) is 5.10 Å². The van der Waals surface area contributed by atoms with Gasteiger partial charge in [-0.05, 0) is 57.7 Å². The molecular formula is C28H34N8O3. The SMILES string of the molecule is COc1cccnc1C(C1CCOCC1)n1c2cc(-c3c(C)nnn3C)cnc2c2c1c(C(C)(C)O)nn2C. The molecule has 1 fully saturated rings. The summed E-state index contributed by atoms with van der Waals surface area (Å²) >= 11 is 0. The van der Waals surface area contributed by atoms with Crippen LogP contribution >= 0.6 is 0 Å². The highest BCUT2D eigenvalue weighted by Crippen LogP contribution is 2.44. The van der Waals surface area contributed by atoms with E-state index in [1.54, 1.807) is 25.6 Å². The summed E-state index contributed by atoms with van der Waals surface area (Å²) in [4.78, 5) is 9.85. The van der Waals surface area contributed by atoms with Crippen molar-refractivity contribution in [1.29, 1.82) is 0 Å². The zero-order valence-corrected chi connectivity index (χ0v) is 23.2. The van der Waals surface area contributed by atoms with Crippen LogP contribution in [0.3, 0.4) is 0 Å². The highest BCUT2D eigenvalue weighted by molar-refractivity contribution is 6.06. The Morgan fingerprint density at radius 3 is 2.56 bits per heavy atom. The lowest BCUT2D eigenvalue weighted by Gasteiger charge is -2.33. The number of pyridine rings is 2. The van der Waals surface area contributed by atoms with E-state index < -0.39 is 5.60 Å². The summed E-state index contributed by atoms with van der Waals surface area (Å²) in [7, 11) is 5.46. The van der Waals surface area contributed by atoms with E-state index >= 15 is 0 Å². The molecule has 0 aliphatic carbocycles. The topological polar surface area (TPSA) is 118 Å². The number of aliphatic hydroxyl groups is 1. The third-order valence-corrected chi connectivity index (χ3v) is 7.75. The monoisotopic (exact) mass is 530 g/mol. The van der Waals surface area contributed by atoms with Gasteiger partial charge in [-0.1, -0.05) is 5.21 Å². The minimum Gasteiger partial charge on any atom is -0.495 e. The van der Waals surface area contributed by atoms with Crippen LogP contribution in [0.2, 0.25) is 0 Å². The fourth-order valence-corrected chi connectivity index (χ4v) is 6.02. The molecule has 5 aromatic rings. The van der Waals surface area contributed by atoms with E-state index in [1.807, 2.05) is 50.2 Å². The third kappa shape index (κ3) is 4.07.